The summed E-state index contributed by atoms with van der Waals surface area (Å²) in [5, 5.41) is 9.68. The summed E-state index contributed by atoms with van der Waals surface area (Å²) in [5.41, 5.74) is 1.59. The Kier molecular flexibility index (Phi) is 4.90. The fraction of sp³-hybridized carbons (Fsp3) is 0.118. The van der Waals surface area contributed by atoms with E-state index in [0.29, 0.717) is 29.5 Å². The van der Waals surface area contributed by atoms with E-state index in [-0.39, 0.29) is 5.91 Å². The van der Waals surface area contributed by atoms with Gasteiger partial charge in [-0.05, 0) is 36.8 Å². The van der Waals surface area contributed by atoms with Gasteiger partial charge in [0.2, 0.25) is 5.91 Å². The van der Waals surface area contributed by atoms with Gasteiger partial charge in [-0.2, -0.15) is 0 Å². The van der Waals surface area contributed by atoms with Crippen molar-refractivity contribution in [2.45, 2.75) is 13.3 Å². The highest BCUT2D eigenvalue weighted by Crippen LogP contribution is 2.16. The third kappa shape index (κ3) is 4.42. The Balaban J connectivity index is 1.57. The summed E-state index contributed by atoms with van der Waals surface area (Å²) in [6.07, 6.45) is 1.90. The zero-order chi connectivity index (χ0) is 16.9. The van der Waals surface area contributed by atoms with Crippen molar-refractivity contribution in [1.29, 1.82) is 0 Å². The second kappa shape index (κ2) is 7.27. The van der Waals surface area contributed by atoms with Crippen molar-refractivity contribution in [2.75, 3.05) is 10.6 Å². The molecule has 6 nitrogen and oxygen atoms in total. The van der Waals surface area contributed by atoms with Gasteiger partial charge in [0.15, 0.2) is 5.82 Å². The lowest BCUT2D eigenvalue weighted by molar-refractivity contribution is -0.115. The van der Waals surface area contributed by atoms with Gasteiger partial charge >= 0.3 is 0 Å². The van der Waals surface area contributed by atoms with Crippen LogP contribution in [0.25, 0.3) is 0 Å². The topological polar surface area (TPSA) is 80.0 Å². The predicted molar refractivity (Wildman–Crippen MR) is 95.2 cm³/mol. The van der Waals surface area contributed by atoms with E-state index in [4.69, 9.17) is 4.52 Å². The van der Waals surface area contributed by atoms with E-state index in [9.17, 15) is 4.79 Å². The van der Waals surface area contributed by atoms with Crippen LogP contribution in [0.5, 0.6) is 0 Å². The molecule has 0 aliphatic rings. The average Bonchev–Trinajstić information content (AvgIpc) is 2.96. The van der Waals surface area contributed by atoms with Crippen LogP contribution in [0.2, 0.25) is 0 Å². The maximum absolute atomic E-state index is 12.1. The van der Waals surface area contributed by atoms with Crippen LogP contribution in [0.1, 0.15) is 11.3 Å². The minimum absolute atomic E-state index is 0.0908. The van der Waals surface area contributed by atoms with Gasteiger partial charge in [-0.15, -0.1) is 0 Å². The van der Waals surface area contributed by atoms with Crippen LogP contribution in [-0.2, 0) is 11.2 Å². The van der Waals surface area contributed by atoms with E-state index in [0.717, 1.165) is 10.0 Å². The summed E-state index contributed by atoms with van der Waals surface area (Å²) >= 11 is 3.37. The van der Waals surface area contributed by atoms with Crippen LogP contribution in [0.3, 0.4) is 0 Å². The average molecular weight is 387 g/mol. The lowest BCUT2D eigenvalue weighted by Crippen LogP contribution is -2.14. The number of aromatic nitrogens is 2. The number of pyridine rings is 1. The number of hydrogen-bond donors (Lipinski definition) is 2. The zero-order valence-electron chi connectivity index (χ0n) is 12.9. The third-order valence-corrected chi connectivity index (χ3v) is 3.74. The minimum atomic E-state index is -0.0908. The summed E-state index contributed by atoms with van der Waals surface area (Å²) < 4.78 is 5.96. The second-order valence-corrected chi connectivity index (χ2v) is 6.15. The van der Waals surface area contributed by atoms with Crippen LogP contribution < -0.4 is 10.6 Å². The summed E-state index contributed by atoms with van der Waals surface area (Å²) in [4.78, 5) is 16.3. The number of nitrogens with one attached hydrogen (secondary N) is 2. The van der Waals surface area contributed by atoms with E-state index in [1.54, 1.807) is 24.4 Å². The zero-order valence-corrected chi connectivity index (χ0v) is 14.5. The number of carbonyl (C=O) groups excluding carboxylic acids is 1. The van der Waals surface area contributed by atoms with Gasteiger partial charge in [0.1, 0.15) is 11.6 Å². The molecule has 0 atom stereocenters. The van der Waals surface area contributed by atoms with Gasteiger partial charge in [-0.25, -0.2) is 4.98 Å². The molecule has 0 unspecified atom stereocenters. The molecular formula is C17H15BrN4O2. The molecule has 0 aliphatic carbocycles. The molecule has 2 N–H and O–H groups in total. The molecule has 2 aromatic heterocycles. The summed E-state index contributed by atoms with van der Waals surface area (Å²) in [5.74, 6) is 1.84. The molecule has 3 rings (SSSR count). The summed E-state index contributed by atoms with van der Waals surface area (Å²) in [6, 6.07) is 13.0. The molecule has 0 saturated heterocycles. The number of rotatable bonds is 5. The molecule has 24 heavy (non-hydrogen) atoms. The van der Waals surface area contributed by atoms with Crippen LogP contribution >= 0.6 is 15.9 Å². The second-order valence-electron chi connectivity index (χ2n) is 5.23. The lowest BCUT2D eigenvalue weighted by atomic mass is 10.1. The van der Waals surface area contributed by atoms with Crippen molar-refractivity contribution >= 4 is 39.2 Å². The number of halogens is 1. The van der Waals surface area contributed by atoms with E-state index in [1.807, 2.05) is 31.2 Å². The van der Waals surface area contributed by atoms with Crippen molar-refractivity contribution < 1.29 is 9.32 Å². The quantitative estimate of drug-likeness (QED) is 0.690. The smallest absolute Gasteiger partial charge is 0.228 e. The largest absolute Gasteiger partial charge is 0.360 e. The van der Waals surface area contributed by atoms with Crippen molar-refractivity contribution in [3.8, 4) is 0 Å². The molecule has 3 aromatic rings. The highest BCUT2D eigenvalue weighted by atomic mass is 79.9. The first-order valence-corrected chi connectivity index (χ1v) is 8.08. The highest BCUT2D eigenvalue weighted by molar-refractivity contribution is 9.10. The Labute approximate surface area is 147 Å². The minimum Gasteiger partial charge on any atom is -0.360 e. The first-order valence-electron chi connectivity index (χ1n) is 7.29. The standard InChI is InChI=1S/C17H15BrN4O2/c1-11-8-16(22-24-11)21-15-7-6-14(10-19-15)20-17(23)9-12-2-4-13(18)5-3-12/h2-8,10H,9H2,1H3,(H,20,23)(H,19,21,22). The third-order valence-electron chi connectivity index (χ3n) is 3.21. The molecule has 1 amide bonds. The van der Waals surface area contributed by atoms with Crippen molar-refractivity contribution in [1.82, 2.24) is 10.1 Å². The van der Waals surface area contributed by atoms with Gasteiger partial charge in [-0.3, -0.25) is 4.79 Å². The molecule has 1 aromatic carbocycles. The number of aryl methyl sites for hydroxylation is 1. The monoisotopic (exact) mass is 386 g/mol. The molecule has 0 saturated carbocycles. The predicted octanol–water partition coefficient (Wildman–Crippen LogP) is 4.07. The van der Waals surface area contributed by atoms with Gasteiger partial charge in [-0.1, -0.05) is 33.2 Å². The molecule has 0 spiro atoms. The number of carbonyl (C=O) groups is 1. The highest BCUT2D eigenvalue weighted by Gasteiger charge is 2.06. The van der Waals surface area contributed by atoms with E-state index >= 15 is 0 Å². The number of benzene rings is 1. The van der Waals surface area contributed by atoms with Gasteiger partial charge in [0.25, 0.3) is 0 Å². The Morgan fingerprint density at radius 2 is 1.96 bits per heavy atom. The molecule has 0 fully saturated rings. The van der Waals surface area contributed by atoms with Crippen LogP contribution in [0, 0.1) is 6.92 Å². The number of amides is 1. The fourth-order valence-corrected chi connectivity index (χ4v) is 2.36. The van der Waals surface area contributed by atoms with Crippen molar-refractivity contribution in [3.63, 3.8) is 0 Å². The molecule has 0 bridgehead atoms. The molecule has 0 aliphatic heterocycles. The molecule has 2 heterocycles. The maximum atomic E-state index is 12.1. The van der Waals surface area contributed by atoms with E-state index in [2.05, 4.69) is 36.7 Å². The van der Waals surface area contributed by atoms with Gasteiger partial charge in [0.05, 0.1) is 18.3 Å². The number of anilines is 3. The fourth-order valence-electron chi connectivity index (χ4n) is 2.09. The van der Waals surface area contributed by atoms with Crippen molar-refractivity contribution in [3.05, 3.63) is 64.5 Å². The number of hydrogen-bond acceptors (Lipinski definition) is 5. The summed E-state index contributed by atoms with van der Waals surface area (Å²) in [7, 11) is 0. The Morgan fingerprint density at radius 3 is 2.58 bits per heavy atom. The Bertz CT molecular complexity index is 829. The van der Waals surface area contributed by atoms with Crippen LogP contribution in [0.4, 0.5) is 17.3 Å². The molecule has 122 valence electrons. The van der Waals surface area contributed by atoms with Crippen LogP contribution in [0.15, 0.2) is 57.7 Å². The SMILES string of the molecule is Cc1cc(Nc2ccc(NC(=O)Cc3ccc(Br)cc3)cn2)no1. The molecule has 0 radical (unpaired) electrons. The Morgan fingerprint density at radius 1 is 1.17 bits per heavy atom. The lowest BCUT2D eigenvalue weighted by Gasteiger charge is -2.06. The Hall–Kier alpha value is -2.67. The molecular weight excluding hydrogens is 372 g/mol. The van der Waals surface area contributed by atoms with Gasteiger partial charge in [0, 0.05) is 10.5 Å². The van der Waals surface area contributed by atoms with E-state index in [1.165, 1.54) is 0 Å². The maximum Gasteiger partial charge on any atom is 0.228 e. The first kappa shape index (κ1) is 16.2. The number of nitrogens with zero attached hydrogens (tertiary/aromatic N) is 2. The molecule has 7 heteroatoms. The van der Waals surface area contributed by atoms with E-state index < -0.39 is 0 Å². The first-order chi connectivity index (χ1) is 11.6. The van der Waals surface area contributed by atoms with Gasteiger partial charge < -0.3 is 15.2 Å². The summed E-state index contributed by atoms with van der Waals surface area (Å²) in [6.45, 7) is 1.82. The van der Waals surface area contributed by atoms with Crippen molar-refractivity contribution in [2.24, 2.45) is 0 Å². The van der Waals surface area contributed by atoms with Crippen LogP contribution in [-0.4, -0.2) is 16.0 Å². The normalized spacial score (nSPS) is 10.4.